The number of likely N-dealkylation sites (tertiary alicyclic amines) is 1. The monoisotopic (exact) mass is 797 g/mol. The number of hydrogen-bond acceptors (Lipinski definition) is 7. The third-order valence-corrected chi connectivity index (χ3v) is 11.8. The summed E-state index contributed by atoms with van der Waals surface area (Å²) in [5.74, 6) is -3.93. The first kappa shape index (κ1) is 39.1. The zero-order valence-corrected chi connectivity index (χ0v) is 32.5. The van der Waals surface area contributed by atoms with Crippen LogP contribution in [0.1, 0.15) is 60.6 Å². The van der Waals surface area contributed by atoms with Crippen molar-refractivity contribution in [3.05, 3.63) is 126 Å². The highest BCUT2D eigenvalue weighted by molar-refractivity contribution is 9.09. The molecule has 1 spiro atoms. The Kier molecular flexibility index (Phi) is 11.9. The lowest BCUT2D eigenvalue weighted by atomic mass is 9.70. The lowest BCUT2D eigenvalue weighted by Crippen LogP contribution is -2.57. The summed E-state index contributed by atoms with van der Waals surface area (Å²) >= 11 is 3.76. The number of anilines is 1. The number of carbonyl (C=O) groups is 4. The maximum atomic E-state index is 15.3. The number of rotatable bonds is 15. The Bertz CT molecular complexity index is 1890. The third kappa shape index (κ3) is 7.17. The molecule has 3 aliphatic rings. The Morgan fingerprint density at radius 1 is 1.06 bits per heavy atom. The highest BCUT2D eigenvalue weighted by Gasteiger charge is 2.78. The van der Waals surface area contributed by atoms with Crippen LogP contribution in [0.15, 0.2) is 104 Å². The maximum absolute atomic E-state index is 15.3. The van der Waals surface area contributed by atoms with Gasteiger partial charge < -0.3 is 29.7 Å². The van der Waals surface area contributed by atoms with Crippen molar-refractivity contribution in [3.63, 3.8) is 0 Å². The number of ether oxygens (including phenoxy) is 2. The van der Waals surface area contributed by atoms with Crippen LogP contribution in [0.3, 0.4) is 0 Å². The molecule has 11 heteroatoms. The molecule has 2 N–H and O–H groups in total. The summed E-state index contributed by atoms with van der Waals surface area (Å²) in [6, 6.07) is 21.3. The number of carbonyl (C=O) groups excluding carboxylic acids is 4. The van der Waals surface area contributed by atoms with Crippen LogP contribution >= 0.6 is 15.9 Å². The minimum absolute atomic E-state index is 0.152. The number of halogens is 1. The molecule has 6 rings (SSSR count). The van der Waals surface area contributed by atoms with Gasteiger partial charge in [0.2, 0.25) is 11.8 Å². The molecular weight excluding hydrogens is 750 g/mol. The van der Waals surface area contributed by atoms with E-state index in [0.29, 0.717) is 23.2 Å². The quantitative estimate of drug-likeness (QED) is 0.109. The topological polar surface area (TPSA) is 125 Å². The van der Waals surface area contributed by atoms with Crippen LogP contribution in [0.4, 0.5) is 5.69 Å². The molecule has 9 atom stereocenters. The van der Waals surface area contributed by atoms with Gasteiger partial charge in [0.1, 0.15) is 17.7 Å². The predicted molar refractivity (Wildman–Crippen MR) is 210 cm³/mol. The van der Waals surface area contributed by atoms with E-state index in [-0.39, 0.29) is 25.3 Å². The second-order valence-corrected chi connectivity index (χ2v) is 15.7. The summed E-state index contributed by atoms with van der Waals surface area (Å²) in [6.07, 6.45) is 2.63. The fourth-order valence-electron chi connectivity index (χ4n) is 8.52. The number of aliphatic hydroxyl groups is 1. The number of nitrogens with one attached hydrogen (secondary N) is 1. The van der Waals surface area contributed by atoms with Crippen molar-refractivity contribution in [2.24, 2.45) is 11.8 Å². The summed E-state index contributed by atoms with van der Waals surface area (Å²) in [5, 5.41) is 13.9. The van der Waals surface area contributed by atoms with Crippen molar-refractivity contribution >= 4 is 45.3 Å². The number of esters is 1. The fourth-order valence-corrected chi connectivity index (χ4v) is 9.46. The number of allylic oxidation sites excluding steroid dienone is 1. The van der Waals surface area contributed by atoms with Gasteiger partial charge in [-0.05, 0) is 61.9 Å². The van der Waals surface area contributed by atoms with Crippen LogP contribution in [0, 0.1) is 25.7 Å². The number of fused-ring (bicyclic) bond motifs is 1. The molecule has 0 aromatic heterocycles. The Balaban J connectivity index is 1.43. The van der Waals surface area contributed by atoms with E-state index in [1.807, 2.05) is 80.6 Å². The first-order valence-electron chi connectivity index (χ1n) is 18.4. The molecule has 0 saturated carbocycles. The molecule has 3 fully saturated rings. The SMILES string of the molecule is C=CCCC(=O)N[C@H](C)[C@@H](OC(=O)[C@@H]1[C@H]2O[C@@]3(CC2Br)[C@H](C(=O)N(CC=C)c2cc(C)ccc2C)N([C@H](CO)c2ccccc2)C(=O)[C@@H]13)c1ccccc1. The van der Waals surface area contributed by atoms with Crippen molar-refractivity contribution in [1.29, 1.82) is 0 Å². The van der Waals surface area contributed by atoms with Crippen molar-refractivity contribution < 1.29 is 33.8 Å². The molecule has 3 aromatic carbocycles. The average molecular weight is 799 g/mol. The smallest absolute Gasteiger partial charge is 0.313 e. The molecule has 54 heavy (non-hydrogen) atoms. The molecule has 1 unspecified atom stereocenters. The van der Waals surface area contributed by atoms with Gasteiger partial charge in [0, 0.05) is 23.5 Å². The Hall–Kier alpha value is -4.58. The highest BCUT2D eigenvalue weighted by Crippen LogP contribution is 2.61. The molecule has 0 radical (unpaired) electrons. The summed E-state index contributed by atoms with van der Waals surface area (Å²) in [4.78, 5) is 60.5. The summed E-state index contributed by atoms with van der Waals surface area (Å²) < 4.78 is 13.2. The van der Waals surface area contributed by atoms with Crippen LogP contribution in [0.25, 0.3) is 0 Å². The Morgan fingerprint density at radius 2 is 1.72 bits per heavy atom. The van der Waals surface area contributed by atoms with E-state index in [2.05, 4.69) is 34.4 Å². The van der Waals surface area contributed by atoms with Gasteiger partial charge in [-0.2, -0.15) is 0 Å². The van der Waals surface area contributed by atoms with E-state index < -0.39 is 77.0 Å². The average Bonchev–Trinajstić information content (AvgIpc) is 3.77. The summed E-state index contributed by atoms with van der Waals surface area (Å²) in [5.41, 5.74) is 2.35. The molecule has 3 heterocycles. The summed E-state index contributed by atoms with van der Waals surface area (Å²) in [6.45, 7) is 12.9. The predicted octanol–water partition coefficient (Wildman–Crippen LogP) is 6.06. The third-order valence-electron chi connectivity index (χ3n) is 10.9. The number of alkyl halides is 1. The second-order valence-electron chi connectivity index (χ2n) is 14.5. The van der Waals surface area contributed by atoms with Crippen LogP contribution in [-0.4, -0.2) is 75.5 Å². The Morgan fingerprint density at radius 3 is 2.35 bits per heavy atom. The second kappa shape index (κ2) is 16.4. The van der Waals surface area contributed by atoms with Gasteiger partial charge in [-0.15, -0.1) is 13.2 Å². The van der Waals surface area contributed by atoms with E-state index in [0.717, 1.165) is 11.1 Å². The number of benzene rings is 3. The van der Waals surface area contributed by atoms with Gasteiger partial charge in [0.25, 0.3) is 5.91 Å². The van der Waals surface area contributed by atoms with Crippen LogP contribution in [0.5, 0.6) is 0 Å². The summed E-state index contributed by atoms with van der Waals surface area (Å²) in [7, 11) is 0. The largest absolute Gasteiger partial charge is 0.455 e. The molecule has 284 valence electrons. The zero-order valence-electron chi connectivity index (χ0n) is 30.9. The van der Waals surface area contributed by atoms with Crippen LogP contribution < -0.4 is 10.2 Å². The molecule has 3 aliphatic heterocycles. The number of aliphatic hydroxyl groups excluding tert-OH is 1. The molecule has 3 amide bonds. The van der Waals surface area contributed by atoms with Crippen molar-refractivity contribution in [3.8, 4) is 0 Å². The lowest BCUT2D eigenvalue weighted by Gasteiger charge is -2.39. The fraction of sp³-hybridized carbons (Fsp3) is 0.395. The molecule has 2 bridgehead atoms. The number of amides is 3. The Labute approximate surface area is 325 Å². The van der Waals surface area contributed by atoms with Gasteiger partial charge in [-0.25, -0.2) is 0 Å². The molecular formula is C43H48BrN3O7. The van der Waals surface area contributed by atoms with Crippen LogP contribution in [-0.2, 0) is 28.7 Å². The standard InChI is InChI=1S/C43H48BrN3O7/c1-6-8-19-34(49)45-28(5)37(30-17-13-10-14-18-30)53-42(52)35-36-40(50)47(33(25-48)29-15-11-9-12-16-29)39(43(36)24-31(44)38(35)54-43)41(51)46(22-7-2)32-23-26(3)20-21-27(32)4/h6-7,9-18,20-21,23,28,31,33,35-39,48H,1-2,8,19,22,24-25H2,3-5H3,(H,45,49)/t28-,31?,33-,35+,36-,37-,38+,39+,43-/m1/s1. The van der Waals surface area contributed by atoms with E-state index >= 15 is 9.59 Å². The van der Waals surface area contributed by atoms with Gasteiger partial charge >= 0.3 is 5.97 Å². The molecule has 3 saturated heterocycles. The lowest BCUT2D eigenvalue weighted by molar-refractivity contribution is -0.162. The first-order chi connectivity index (χ1) is 26.0. The zero-order chi connectivity index (χ0) is 38.7. The van der Waals surface area contributed by atoms with Gasteiger partial charge in [0.15, 0.2) is 0 Å². The number of aryl methyl sites for hydroxylation is 2. The van der Waals surface area contributed by atoms with Gasteiger partial charge in [-0.1, -0.05) is 101 Å². The van der Waals surface area contributed by atoms with Crippen molar-refractivity contribution in [2.75, 3.05) is 18.1 Å². The normalized spacial score (nSPS) is 25.7. The van der Waals surface area contributed by atoms with Crippen molar-refractivity contribution in [2.45, 2.75) is 80.8 Å². The molecule has 10 nitrogen and oxygen atoms in total. The van der Waals surface area contributed by atoms with E-state index in [1.165, 1.54) is 4.90 Å². The first-order valence-corrected chi connectivity index (χ1v) is 19.3. The van der Waals surface area contributed by atoms with E-state index in [4.69, 9.17) is 9.47 Å². The van der Waals surface area contributed by atoms with Crippen molar-refractivity contribution in [1.82, 2.24) is 10.2 Å². The molecule has 0 aliphatic carbocycles. The maximum Gasteiger partial charge on any atom is 0.313 e. The van der Waals surface area contributed by atoms with Crippen LogP contribution in [0.2, 0.25) is 0 Å². The van der Waals surface area contributed by atoms with E-state index in [1.54, 1.807) is 36.1 Å². The minimum atomic E-state index is -1.43. The molecule has 3 aromatic rings. The van der Waals surface area contributed by atoms with E-state index in [9.17, 15) is 14.7 Å². The highest BCUT2D eigenvalue weighted by atomic mass is 79.9. The van der Waals surface area contributed by atoms with Gasteiger partial charge in [-0.3, -0.25) is 19.2 Å². The minimum Gasteiger partial charge on any atom is -0.455 e. The number of hydrogen-bond donors (Lipinski definition) is 2. The van der Waals surface area contributed by atoms with Gasteiger partial charge in [0.05, 0.1) is 36.6 Å². The number of nitrogens with zero attached hydrogens (tertiary/aromatic N) is 2.